The van der Waals surface area contributed by atoms with Gasteiger partial charge in [0.25, 0.3) is 11.8 Å². The van der Waals surface area contributed by atoms with Gasteiger partial charge in [-0.2, -0.15) is 0 Å². The molecule has 16 heteroatoms. The normalized spacial score (nSPS) is 33.0. The molecule has 0 bridgehead atoms. The molecule has 2 N–H and O–H groups in total. The van der Waals surface area contributed by atoms with E-state index in [4.69, 9.17) is 47.4 Å². The fraction of sp³-hybridized carbons (Fsp3) is 0.765. The molecular weight excluding hydrogens is 660 g/mol. The number of ether oxygens (including phenoxy) is 10. The summed E-state index contributed by atoms with van der Waals surface area (Å²) in [5, 5.41) is 5.38. The van der Waals surface area contributed by atoms with Crippen molar-refractivity contribution in [1.82, 2.24) is 10.6 Å². The van der Waals surface area contributed by atoms with Crippen LogP contribution in [0.5, 0.6) is 0 Å². The number of amides is 2. The first-order valence-electron chi connectivity index (χ1n) is 16.7. The molecule has 4 aliphatic rings. The third kappa shape index (κ3) is 10.5. The van der Waals surface area contributed by atoms with Crippen LogP contribution < -0.4 is 10.6 Å². The average Bonchev–Trinajstić information content (AvgIpc) is 3.73. The van der Waals surface area contributed by atoms with Crippen LogP contribution in [-0.2, 0) is 66.5 Å². The predicted molar refractivity (Wildman–Crippen MR) is 175 cm³/mol. The van der Waals surface area contributed by atoms with Crippen LogP contribution in [0, 0.1) is 0 Å². The molecule has 284 valence electrons. The summed E-state index contributed by atoms with van der Waals surface area (Å²) in [4.78, 5) is 49.4. The molecular formula is C34H54N2O14. The smallest absolute Gasteiger partial charge is 0.338 e. The molecule has 16 nitrogen and oxygen atoms in total. The van der Waals surface area contributed by atoms with E-state index in [1.807, 2.05) is 0 Å². The molecule has 0 aromatic carbocycles. The van der Waals surface area contributed by atoms with E-state index in [1.165, 1.54) is 0 Å². The second kappa shape index (κ2) is 16.6. The molecule has 4 saturated heterocycles. The molecule has 0 aromatic rings. The van der Waals surface area contributed by atoms with Gasteiger partial charge in [-0.05, 0) is 69.2 Å². The number of carbonyl (C=O) groups excluding carboxylic acids is 4. The van der Waals surface area contributed by atoms with Crippen LogP contribution >= 0.6 is 0 Å². The molecule has 4 unspecified atom stereocenters. The lowest BCUT2D eigenvalue weighted by Crippen LogP contribution is -2.52. The van der Waals surface area contributed by atoms with Crippen molar-refractivity contribution in [3.05, 3.63) is 25.3 Å². The summed E-state index contributed by atoms with van der Waals surface area (Å²) in [6, 6.07) is 0. The van der Waals surface area contributed by atoms with Gasteiger partial charge in [-0.25, -0.2) is 9.59 Å². The average molecular weight is 715 g/mol. The zero-order valence-electron chi connectivity index (χ0n) is 30.7. The Bertz CT molecular complexity index is 1160. The minimum absolute atomic E-state index is 0.209. The van der Waals surface area contributed by atoms with Crippen LogP contribution in [0.25, 0.3) is 0 Å². The number of nitrogens with one attached hydrogen (secondary N) is 2. The fourth-order valence-electron chi connectivity index (χ4n) is 5.88. The van der Waals surface area contributed by atoms with Crippen LogP contribution in [0.3, 0.4) is 0 Å². The van der Waals surface area contributed by atoms with E-state index in [2.05, 4.69) is 23.8 Å². The molecule has 0 saturated carbocycles. The van der Waals surface area contributed by atoms with Crippen molar-refractivity contribution in [2.45, 2.75) is 141 Å². The number of rotatable bonds is 12. The van der Waals surface area contributed by atoms with Crippen LogP contribution in [-0.4, -0.2) is 122 Å². The zero-order chi connectivity index (χ0) is 37.7. The summed E-state index contributed by atoms with van der Waals surface area (Å²) in [7, 11) is 0. The second-order valence-electron chi connectivity index (χ2n) is 13.7. The van der Waals surface area contributed by atoms with Crippen LogP contribution in [0.2, 0.25) is 0 Å². The summed E-state index contributed by atoms with van der Waals surface area (Å²) in [5.41, 5.74) is 0. The lowest BCUT2D eigenvalue weighted by Gasteiger charge is -2.25. The number of esters is 2. The monoisotopic (exact) mass is 714 g/mol. The third-order valence-electron chi connectivity index (χ3n) is 7.56. The van der Waals surface area contributed by atoms with Crippen LogP contribution in [0.4, 0.5) is 0 Å². The van der Waals surface area contributed by atoms with Crippen molar-refractivity contribution in [3.63, 3.8) is 0 Å². The Morgan fingerprint density at radius 1 is 0.520 bits per heavy atom. The third-order valence-corrected chi connectivity index (χ3v) is 7.56. The van der Waals surface area contributed by atoms with Gasteiger partial charge in [-0.1, -0.05) is 12.2 Å². The van der Waals surface area contributed by atoms with Crippen LogP contribution in [0.15, 0.2) is 25.3 Å². The highest BCUT2D eigenvalue weighted by Crippen LogP contribution is 2.40. The van der Waals surface area contributed by atoms with E-state index in [1.54, 1.807) is 81.4 Å². The molecule has 4 heterocycles. The Balaban J connectivity index is 0.000000271. The van der Waals surface area contributed by atoms with Gasteiger partial charge < -0.3 is 58.0 Å². The van der Waals surface area contributed by atoms with Crippen molar-refractivity contribution in [3.8, 4) is 0 Å². The minimum atomic E-state index is -1.02. The van der Waals surface area contributed by atoms with Crippen molar-refractivity contribution < 1.29 is 66.5 Å². The SMILES string of the molecule is C=CCNC(=O)[C@H]1OC(C)(C)OC1C1OC(C)(C)O[C@H]1C(=O)NCC=C.CCOC(=O)[C@H]1OC(C)(C)OC1C1OC(C)(C)O[C@H]1C(=O)OCC. The van der Waals surface area contributed by atoms with E-state index in [0.717, 1.165) is 0 Å². The van der Waals surface area contributed by atoms with Crippen LogP contribution in [0.1, 0.15) is 69.2 Å². The zero-order valence-corrected chi connectivity index (χ0v) is 30.7. The maximum absolute atomic E-state index is 12.5. The predicted octanol–water partition coefficient (Wildman–Crippen LogP) is 1.78. The van der Waals surface area contributed by atoms with E-state index in [0.29, 0.717) is 13.1 Å². The molecule has 50 heavy (non-hydrogen) atoms. The summed E-state index contributed by atoms with van der Waals surface area (Å²) < 4.78 is 56.4. The summed E-state index contributed by atoms with van der Waals surface area (Å²) in [6.07, 6.45) is -4.10. The molecule has 4 aliphatic heterocycles. The summed E-state index contributed by atoms with van der Waals surface area (Å²) in [6.45, 7) is 25.1. The number of hydrogen-bond acceptors (Lipinski definition) is 14. The molecule has 0 aliphatic carbocycles. The van der Waals surface area contributed by atoms with Crippen molar-refractivity contribution in [2.24, 2.45) is 0 Å². The first-order chi connectivity index (χ1) is 23.2. The molecule has 2 amide bonds. The standard InChI is InChI=1S/C18H28N2O6.C16H26O8/c1-7-9-19-15(21)13-11(23-17(3,4)25-13)12-14(16(22)20-10-8-2)26-18(5,6)24-12;1-7-19-13(17)11-9(21-15(3,4)23-11)10-12(14(18)20-8-2)24-16(5,6)22-10/h7-8,11-14H,1-2,9-10H2,3-6H3,(H,19,21)(H,20,22);9-12H,7-8H2,1-6H3/t11?,12?,13-,14+;9?,10?,11-,12+. The minimum Gasteiger partial charge on any atom is -0.464 e. The van der Waals surface area contributed by atoms with Gasteiger partial charge in [0.05, 0.1) is 13.2 Å². The first kappa shape index (κ1) is 41.5. The Hall–Kier alpha value is -2.96. The lowest BCUT2D eigenvalue weighted by molar-refractivity contribution is -0.177. The highest BCUT2D eigenvalue weighted by Gasteiger charge is 2.59. The number of carbonyl (C=O) groups is 4. The van der Waals surface area contributed by atoms with Gasteiger partial charge in [0, 0.05) is 13.1 Å². The Morgan fingerprint density at radius 2 is 0.780 bits per heavy atom. The number of hydrogen-bond donors (Lipinski definition) is 2. The van der Waals surface area contributed by atoms with Gasteiger partial charge in [-0.3, -0.25) is 9.59 Å². The van der Waals surface area contributed by atoms with E-state index in [-0.39, 0.29) is 25.0 Å². The van der Waals surface area contributed by atoms with Crippen molar-refractivity contribution in [1.29, 1.82) is 0 Å². The summed E-state index contributed by atoms with van der Waals surface area (Å²) >= 11 is 0. The Labute approximate surface area is 293 Å². The quantitative estimate of drug-likeness (QED) is 0.220. The maximum Gasteiger partial charge on any atom is 0.338 e. The van der Waals surface area contributed by atoms with E-state index >= 15 is 0 Å². The van der Waals surface area contributed by atoms with E-state index in [9.17, 15) is 19.2 Å². The highest BCUT2D eigenvalue weighted by molar-refractivity contribution is 5.84. The highest BCUT2D eigenvalue weighted by atomic mass is 16.8. The van der Waals surface area contributed by atoms with Gasteiger partial charge in [0.15, 0.2) is 47.6 Å². The lowest BCUT2D eigenvalue weighted by atomic mass is 10.0. The molecule has 0 aromatic heterocycles. The van der Waals surface area contributed by atoms with Gasteiger partial charge >= 0.3 is 11.9 Å². The van der Waals surface area contributed by atoms with Gasteiger partial charge in [-0.15, -0.1) is 13.2 Å². The van der Waals surface area contributed by atoms with Crippen molar-refractivity contribution >= 4 is 23.8 Å². The van der Waals surface area contributed by atoms with Gasteiger partial charge in [0.2, 0.25) is 0 Å². The Kier molecular flexibility index (Phi) is 13.8. The molecule has 8 atom stereocenters. The largest absolute Gasteiger partial charge is 0.464 e. The van der Waals surface area contributed by atoms with Gasteiger partial charge in [0.1, 0.15) is 24.4 Å². The molecule has 4 rings (SSSR count). The van der Waals surface area contributed by atoms with E-state index < -0.39 is 83.9 Å². The van der Waals surface area contributed by atoms with Crippen molar-refractivity contribution in [2.75, 3.05) is 26.3 Å². The maximum atomic E-state index is 12.5. The fourth-order valence-corrected chi connectivity index (χ4v) is 5.88. The topological polar surface area (TPSA) is 185 Å². The summed E-state index contributed by atoms with van der Waals surface area (Å²) in [5.74, 6) is -5.89. The Morgan fingerprint density at radius 3 is 1.04 bits per heavy atom. The molecule has 4 fully saturated rings. The molecule has 0 radical (unpaired) electrons. The first-order valence-corrected chi connectivity index (χ1v) is 16.7. The molecule has 0 spiro atoms. The second-order valence-corrected chi connectivity index (χ2v) is 13.7.